The number of anilines is 3. The summed E-state index contributed by atoms with van der Waals surface area (Å²) in [7, 11) is 0. The zero-order valence-corrected chi connectivity index (χ0v) is 28.4. The second-order valence-electron chi connectivity index (χ2n) is 14.7. The first-order valence-electron chi connectivity index (χ1n) is 17.1. The lowest BCUT2D eigenvalue weighted by Gasteiger charge is -2.46. The van der Waals surface area contributed by atoms with Gasteiger partial charge in [-0.05, 0) is 74.9 Å². The molecule has 1 aromatic heterocycles. The van der Waals surface area contributed by atoms with Crippen LogP contribution in [0.15, 0.2) is 124 Å². The standard InChI is InChI=1S/C42H32B2N2OS/c1-21(2)35-22(3)18-27-19-23(4)36(24(27)5)44-31-17-15-25-14-16-30-39-34(25)40(31)46(38-29-12-8-9-13-33(29)48-41(38)44)42(47)45(39)37-28-11-7-6-10-26(28)20-32(37)43(30)35/h6-17H,1,18-20H2,2-5H3/b35-22+. The zero-order chi connectivity index (χ0) is 32.3. The highest BCUT2D eigenvalue weighted by Crippen LogP contribution is 2.54. The Kier molecular flexibility index (Phi) is 5.10. The molecule has 0 saturated heterocycles. The molecule has 2 aliphatic carbocycles. The van der Waals surface area contributed by atoms with Crippen LogP contribution in [0.5, 0.6) is 0 Å². The highest BCUT2D eigenvalue weighted by Gasteiger charge is 2.52. The van der Waals surface area contributed by atoms with Crippen molar-refractivity contribution in [1.29, 1.82) is 0 Å². The van der Waals surface area contributed by atoms with Gasteiger partial charge in [0.2, 0.25) is 6.71 Å². The Hall–Kier alpha value is -4.80. The van der Waals surface area contributed by atoms with Gasteiger partial charge in [-0.1, -0.05) is 118 Å². The van der Waals surface area contributed by atoms with Crippen LogP contribution >= 0.6 is 11.3 Å². The molecule has 9 bridgehead atoms. The van der Waals surface area contributed by atoms with Crippen molar-refractivity contribution in [1.82, 2.24) is 0 Å². The zero-order valence-electron chi connectivity index (χ0n) is 27.6. The SMILES string of the molecule is C=C(C)/C1=C(/C)CC2=C(C)C(=C(C)C2)B2c3ccc4ccc5c6c4c3N(C(=O)N6C3=C(Cc4ccccc43)B15)c1c2sc2ccccc12. The van der Waals surface area contributed by atoms with Crippen molar-refractivity contribution in [2.24, 2.45) is 0 Å². The van der Waals surface area contributed by atoms with E-state index in [2.05, 4.69) is 117 Å². The van der Waals surface area contributed by atoms with E-state index in [1.54, 1.807) is 0 Å². The van der Waals surface area contributed by atoms with Gasteiger partial charge in [0.05, 0.1) is 17.1 Å². The maximum Gasteiger partial charge on any atom is 0.338 e. The fourth-order valence-corrected chi connectivity index (χ4v) is 11.7. The predicted molar refractivity (Wildman–Crippen MR) is 205 cm³/mol. The lowest BCUT2D eigenvalue weighted by molar-refractivity contribution is 0.255. The van der Waals surface area contributed by atoms with Crippen LogP contribution < -0.4 is 25.5 Å². The molecule has 0 N–H and O–H groups in total. The molecule has 228 valence electrons. The summed E-state index contributed by atoms with van der Waals surface area (Å²) in [6.07, 6.45) is 2.76. The number of nitrogens with zero attached hydrogens (tertiary/aromatic N) is 2. The van der Waals surface area contributed by atoms with Gasteiger partial charge in [-0.15, -0.1) is 11.3 Å². The van der Waals surface area contributed by atoms with Crippen LogP contribution in [0.1, 0.15) is 51.7 Å². The van der Waals surface area contributed by atoms with Crippen molar-refractivity contribution in [3.63, 3.8) is 0 Å². The van der Waals surface area contributed by atoms with E-state index >= 15 is 4.79 Å². The average molecular weight is 634 g/mol. The van der Waals surface area contributed by atoms with Gasteiger partial charge >= 0.3 is 6.03 Å². The van der Waals surface area contributed by atoms with Gasteiger partial charge in [0, 0.05) is 31.5 Å². The maximum absolute atomic E-state index is 15.7. The highest BCUT2D eigenvalue weighted by molar-refractivity contribution is 7.32. The highest BCUT2D eigenvalue weighted by atomic mass is 32.1. The van der Waals surface area contributed by atoms with Crippen LogP contribution in [0.25, 0.3) is 26.6 Å². The van der Waals surface area contributed by atoms with Gasteiger partial charge in [0.15, 0.2) is 0 Å². The summed E-state index contributed by atoms with van der Waals surface area (Å²) in [5, 5.41) is 3.55. The molecule has 4 aromatic carbocycles. The molecule has 5 heterocycles. The number of hydrogen-bond donors (Lipinski definition) is 0. The average Bonchev–Trinajstić information content (AvgIpc) is 3.73. The first-order valence-corrected chi connectivity index (χ1v) is 18.0. The summed E-state index contributed by atoms with van der Waals surface area (Å²) in [4.78, 5) is 19.9. The van der Waals surface area contributed by atoms with Gasteiger partial charge in [-0.25, -0.2) is 4.79 Å². The molecule has 4 aliphatic heterocycles. The van der Waals surface area contributed by atoms with Crippen LogP contribution in [0.4, 0.5) is 21.9 Å². The molecule has 0 fully saturated rings. The molecule has 0 unspecified atom stereocenters. The van der Waals surface area contributed by atoms with Gasteiger partial charge in [0.25, 0.3) is 6.71 Å². The van der Waals surface area contributed by atoms with Crippen molar-refractivity contribution >= 4 is 90.1 Å². The van der Waals surface area contributed by atoms with E-state index in [4.69, 9.17) is 0 Å². The van der Waals surface area contributed by atoms with Crippen LogP contribution in [0.3, 0.4) is 0 Å². The molecule has 0 spiro atoms. The number of fused-ring (bicyclic) bond motifs is 11. The van der Waals surface area contributed by atoms with Crippen LogP contribution in [-0.2, 0) is 6.42 Å². The number of carbonyl (C=O) groups excluding carboxylic acids is 1. The molecule has 0 radical (unpaired) electrons. The van der Waals surface area contributed by atoms with E-state index in [1.807, 2.05) is 11.3 Å². The summed E-state index contributed by atoms with van der Waals surface area (Å²) >= 11 is 1.87. The van der Waals surface area contributed by atoms with Crippen molar-refractivity contribution in [2.75, 3.05) is 9.80 Å². The number of amides is 2. The molecule has 0 saturated carbocycles. The Balaban J connectivity index is 1.38. The first-order chi connectivity index (χ1) is 23.3. The molecule has 11 rings (SSSR count). The lowest BCUT2D eigenvalue weighted by atomic mass is 9.32. The largest absolute Gasteiger partial charge is 0.338 e. The summed E-state index contributed by atoms with van der Waals surface area (Å²) in [5.74, 6) is 0. The maximum atomic E-state index is 15.7. The van der Waals surface area contributed by atoms with Crippen molar-refractivity contribution in [2.45, 2.75) is 47.0 Å². The number of thiophene rings is 1. The van der Waals surface area contributed by atoms with Gasteiger partial charge in [0.1, 0.15) is 0 Å². The summed E-state index contributed by atoms with van der Waals surface area (Å²) < 4.78 is 2.52. The van der Waals surface area contributed by atoms with Crippen molar-refractivity contribution < 1.29 is 4.79 Å². The van der Waals surface area contributed by atoms with E-state index in [1.165, 1.54) is 86.4 Å². The Morgan fingerprint density at radius 2 is 1.50 bits per heavy atom. The quantitative estimate of drug-likeness (QED) is 0.169. The van der Waals surface area contributed by atoms with E-state index < -0.39 is 0 Å². The minimum Gasteiger partial charge on any atom is -0.262 e. The van der Waals surface area contributed by atoms with E-state index in [0.29, 0.717) is 0 Å². The third-order valence-electron chi connectivity index (χ3n) is 12.1. The third-order valence-corrected chi connectivity index (χ3v) is 13.3. The second kappa shape index (κ2) is 9.00. The minimum atomic E-state index is 0.0317. The minimum absolute atomic E-state index is 0.0317. The molecule has 6 aliphatic rings. The van der Waals surface area contributed by atoms with Crippen molar-refractivity contribution in [3.05, 3.63) is 135 Å². The predicted octanol–water partition coefficient (Wildman–Crippen LogP) is 8.69. The van der Waals surface area contributed by atoms with Crippen molar-refractivity contribution in [3.8, 4) is 0 Å². The monoisotopic (exact) mass is 634 g/mol. The summed E-state index contributed by atoms with van der Waals surface area (Å²) in [6, 6.07) is 26.8. The van der Waals surface area contributed by atoms with Gasteiger partial charge in [-0.3, -0.25) is 9.80 Å². The molecule has 3 nitrogen and oxygen atoms in total. The number of carbonyl (C=O) groups is 1. The van der Waals surface area contributed by atoms with Gasteiger partial charge in [-0.2, -0.15) is 0 Å². The summed E-state index contributed by atoms with van der Waals surface area (Å²) in [5.41, 5.74) is 20.3. The van der Waals surface area contributed by atoms with Crippen LogP contribution in [0.2, 0.25) is 0 Å². The molecule has 5 aromatic rings. The molecular weight excluding hydrogens is 602 g/mol. The Morgan fingerprint density at radius 1 is 0.792 bits per heavy atom. The first kappa shape index (κ1) is 27.2. The third kappa shape index (κ3) is 3.07. The normalized spacial score (nSPS) is 20.1. The molecule has 0 atom stereocenters. The lowest BCUT2D eigenvalue weighted by Crippen LogP contribution is -2.58. The summed E-state index contributed by atoms with van der Waals surface area (Å²) in [6.45, 7) is 14.0. The fourth-order valence-electron chi connectivity index (χ4n) is 10.3. The van der Waals surface area contributed by atoms with Crippen LogP contribution in [0, 0.1) is 0 Å². The Labute approximate surface area is 285 Å². The van der Waals surface area contributed by atoms with E-state index in [0.717, 1.165) is 47.6 Å². The fraction of sp³-hybridized carbons (Fsp3) is 0.167. The van der Waals surface area contributed by atoms with E-state index in [-0.39, 0.29) is 19.5 Å². The second-order valence-corrected chi connectivity index (χ2v) is 15.8. The molecule has 2 amide bonds. The number of rotatable bonds is 1. The topological polar surface area (TPSA) is 23.6 Å². The molecule has 6 heteroatoms. The van der Waals surface area contributed by atoms with E-state index in [9.17, 15) is 0 Å². The Morgan fingerprint density at radius 3 is 2.31 bits per heavy atom. The number of urea groups is 1. The van der Waals surface area contributed by atoms with Gasteiger partial charge < -0.3 is 0 Å². The molecule has 48 heavy (non-hydrogen) atoms. The number of benzene rings is 4. The number of allylic oxidation sites excluding steroid dienone is 8. The van der Waals surface area contributed by atoms with Crippen LogP contribution in [-0.4, -0.2) is 19.5 Å². The smallest absolute Gasteiger partial charge is 0.262 e. The number of hydrogen-bond acceptors (Lipinski definition) is 2. The Bertz CT molecular complexity index is 2600. The molecular formula is C42H32B2N2OS.